The minimum absolute atomic E-state index is 0.0871. The van der Waals surface area contributed by atoms with Crippen LogP contribution in [0.3, 0.4) is 0 Å². The number of carbonyl (C=O) groups excluding carboxylic acids is 1. The van der Waals surface area contributed by atoms with E-state index in [-0.39, 0.29) is 12.5 Å². The van der Waals surface area contributed by atoms with E-state index in [0.717, 1.165) is 12.2 Å². The van der Waals surface area contributed by atoms with Gasteiger partial charge in [-0.25, -0.2) is 0 Å². The van der Waals surface area contributed by atoms with E-state index in [1.54, 1.807) is 18.2 Å². The van der Waals surface area contributed by atoms with Crippen molar-refractivity contribution in [3.63, 3.8) is 0 Å². The summed E-state index contributed by atoms with van der Waals surface area (Å²) in [4.78, 5) is 14.1. The molecule has 0 saturated heterocycles. The number of nitrogens with one attached hydrogen (secondary N) is 1. The Balaban J connectivity index is 2.01. The molecule has 21 heavy (non-hydrogen) atoms. The third-order valence-electron chi connectivity index (χ3n) is 3.08. The van der Waals surface area contributed by atoms with Crippen LogP contribution in [0.5, 0.6) is 0 Å². The Labute approximate surface area is 129 Å². The molecule has 0 saturated carbocycles. The Morgan fingerprint density at radius 1 is 1.24 bits per heavy atom. The van der Waals surface area contributed by atoms with E-state index < -0.39 is 0 Å². The smallest absolute Gasteiger partial charge is 0.243 e. The molecule has 0 unspecified atom stereocenters. The first-order valence-corrected chi connectivity index (χ1v) is 7.12. The number of anilines is 3. The summed E-state index contributed by atoms with van der Waals surface area (Å²) in [5.41, 5.74) is 8.04. The highest BCUT2D eigenvalue weighted by Crippen LogP contribution is 2.17. The molecule has 0 aliphatic rings. The molecule has 2 rings (SSSR count). The molecule has 2 aromatic rings. The van der Waals surface area contributed by atoms with Crippen molar-refractivity contribution >= 4 is 34.6 Å². The van der Waals surface area contributed by atoms with Gasteiger partial charge in [0.2, 0.25) is 5.91 Å². The monoisotopic (exact) mass is 303 g/mol. The Morgan fingerprint density at radius 3 is 2.57 bits per heavy atom. The number of rotatable bonds is 5. The van der Waals surface area contributed by atoms with Crippen LogP contribution in [0.25, 0.3) is 0 Å². The zero-order valence-corrected chi connectivity index (χ0v) is 12.6. The maximum Gasteiger partial charge on any atom is 0.243 e. The summed E-state index contributed by atoms with van der Waals surface area (Å²) in [5, 5.41) is 3.43. The van der Waals surface area contributed by atoms with Crippen molar-refractivity contribution in [3.8, 4) is 0 Å². The standard InChI is InChI=1S/C16H18ClN3O/c1-2-20(15-8-6-13(18)7-9-15)11-16(21)19-14-5-3-4-12(17)10-14/h3-10H,2,11,18H2,1H3,(H,19,21). The molecule has 0 atom stereocenters. The molecule has 0 aliphatic carbocycles. The molecule has 110 valence electrons. The molecule has 3 N–H and O–H groups in total. The number of amides is 1. The number of hydrogen-bond donors (Lipinski definition) is 2. The summed E-state index contributed by atoms with van der Waals surface area (Å²) in [7, 11) is 0. The molecule has 0 heterocycles. The number of likely N-dealkylation sites (N-methyl/N-ethyl adjacent to an activating group) is 1. The van der Waals surface area contributed by atoms with Gasteiger partial charge in [-0.05, 0) is 49.4 Å². The number of halogens is 1. The maximum atomic E-state index is 12.1. The van der Waals surface area contributed by atoms with Gasteiger partial charge in [-0.2, -0.15) is 0 Å². The van der Waals surface area contributed by atoms with Crippen molar-refractivity contribution in [3.05, 3.63) is 53.6 Å². The molecule has 4 nitrogen and oxygen atoms in total. The summed E-state index contributed by atoms with van der Waals surface area (Å²) in [6.07, 6.45) is 0. The summed E-state index contributed by atoms with van der Waals surface area (Å²) < 4.78 is 0. The Bertz CT molecular complexity index is 613. The van der Waals surface area contributed by atoms with Gasteiger partial charge in [-0.3, -0.25) is 4.79 Å². The minimum Gasteiger partial charge on any atom is -0.399 e. The first-order valence-electron chi connectivity index (χ1n) is 6.74. The molecular formula is C16H18ClN3O. The van der Waals surface area contributed by atoms with Crippen molar-refractivity contribution in [2.45, 2.75) is 6.92 Å². The molecule has 0 spiro atoms. The Morgan fingerprint density at radius 2 is 1.95 bits per heavy atom. The molecule has 1 amide bonds. The summed E-state index contributed by atoms with van der Waals surface area (Å²) in [5.74, 6) is -0.0871. The van der Waals surface area contributed by atoms with Crippen molar-refractivity contribution in [2.24, 2.45) is 0 Å². The van der Waals surface area contributed by atoms with Crippen molar-refractivity contribution in [1.29, 1.82) is 0 Å². The summed E-state index contributed by atoms with van der Waals surface area (Å²) in [6.45, 7) is 3.00. The second kappa shape index (κ2) is 6.99. The lowest BCUT2D eigenvalue weighted by Crippen LogP contribution is -2.33. The number of nitrogens with zero attached hydrogens (tertiary/aromatic N) is 1. The first-order chi connectivity index (χ1) is 10.1. The fourth-order valence-corrected chi connectivity index (χ4v) is 2.20. The van der Waals surface area contributed by atoms with Crippen LogP contribution in [0.1, 0.15) is 6.92 Å². The molecular weight excluding hydrogens is 286 g/mol. The largest absolute Gasteiger partial charge is 0.399 e. The van der Waals surface area contributed by atoms with E-state index in [1.165, 1.54) is 0 Å². The third-order valence-corrected chi connectivity index (χ3v) is 3.32. The molecule has 0 radical (unpaired) electrons. The van der Waals surface area contributed by atoms with Gasteiger partial charge >= 0.3 is 0 Å². The average molecular weight is 304 g/mol. The predicted octanol–water partition coefficient (Wildman–Crippen LogP) is 3.39. The number of hydrogen-bond acceptors (Lipinski definition) is 3. The van der Waals surface area contributed by atoms with Gasteiger partial charge in [-0.15, -0.1) is 0 Å². The fraction of sp³-hybridized carbons (Fsp3) is 0.188. The van der Waals surface area contributed by atoms with E-state index in [4.69, 9.17) is 17.3 Å². The topological polar surface area (TPSA) is 58.4 Å². The van der Waals surface area contributed by atoms with E-state index in [1.807, 2.05) is 42.2 Å². The minimum atomic E-state index is -0.0871. The highest BCUT2D eigenvalue weighted by atomic mass is 35.5. The van der Waals surface area contributed by atoms with E-state index in [2.05, 4.69) is 5.32 Å². The van der Waals surface area contributed by atoms with Crippen molar-refractivity contribution in [2.75, 3.05) is 29.0 Å². The van der Waals surface area contributed by atoms with Crippen LogP contribution < -0.4 is 16.0 Å². The van der Waals surface area contributed by atoms with Crippen molar-refractivity contribution < 1.29 is 4.79 Å². The summed E-state index contributed by atoms with van der Waals surface area (Å²) in [6, 6.07) is 14.6. The fourth-order valence-electron chi connectivity index (χ4n) is 2.01. The van der Waals surface area contributed by atoms with Crippen LogP contribution in [-0.4, -0.2) is 19.0 Å². The molecule has 0 fully saturated rings. The molecule has 0 aliphatic heterocycles. The lowest BCUT2D eigenvalue weighted by atomic mass is 10.2. The summed E-state index contributed by atoms with van der Waals surface area (Å²) >= 11 is 5.90. The number of nitrogens with two attached hydrogens (primary N) is 1. The van der Waals surface area contributed by atoms with Gasteiger partial charge in [-0.1, -0.05) is 17.7 Å². The van der Waals surface area contributed by atoms with E-state index >= 15 is 0 Å². The highest BCUT2D eigenvalue weighted by Gasteiger charge is 2.10. The number of nitrogen functional groups attached to an aromatic ring is 1. The quantitative estimate of drug-likeness (QED) is 0.832. The van der Waals surface area contributed by atoms with Gasteiger partial charge in [0.15, 0.2) is 0 Å². The lowest BCUT2D eigenvalue weighted by molar-refractivity contribution is -0.115. The molecule has 0 bridgehead atoms. The molecule has 2 aromatic carbocycles. The van der Waals surface area contributed by atoms with Crippen molar-refractivity contribution in [1.82, 2.24) is 0 Å². The second-order valence-electron chi connectivity index (χ2n) is 4.66. The maximum absolute atomic E-state index is 12.1. The van der Waals surface area contributed by atoms with Crippen LogP contribution in [0.15, 0.2) is 48.5 Å². The van der Waals surface area contributed by atoms with Crippen LogP contribution in [0, 0.1) is 0 Å². The van der Waals surface area contributed by atoms with E-state index in [9.17, 15) is 4.79 Å². The number of carbonyl (C=O) groups is 1. The number of benzene rings is 2. The van der Waals surface area contributed by atoms with Gasteiger partial charge in [0.25, 0.3) is 0 Å². The average Bonchev–Trinajstić information content (AvgIpc) is 2.46. The first kappa shape index (κ1) is 15.2. The Kier molecular flexibility index (Phi) is 5.06. The van der Waals surface area contributed by atoms with Crippen LogP contribution in [0.2, 0.25) is 5.02 Å². The Hall–Kier alpha value is -2.20. The highest BCUT2D eigenvalue weighted by molar-refractivity contribution is 6.30. The molecule has 5 heteroatoms. The zero-order chi connectivity index (χ0) is 15.2. The lowest BCUT2D eigenvalue weighted by Gasteiger charge is -2.22. The predicted molar refractivity (Wildman–Crippen MR) is 88.8 cm³/mol. The SMILES string of the molecule is CCN(CC(=O)Nc1cccc(Cl)c1)c1ccc(N)cc1. The van der Waals surface area contributed by atoms with Crippen LogP contribution in [-0.2, 0) is 4.79 Å². The van der Waals surface area contributed by atoms with Gasteiger partial charge < -0.3 is 16.0 Å². The van der Waals surface area contributed by atoms with Crippen LogP contribution in [0.4, 0.5) is 17.1 Å². The van der Waals surface area contributed by atoms with Gasteiger partial charge in [0.1, 0.15) is 0 Å². The second-order valence-corrected chi connectivity index (χ2v) is 5.10. The zero-order valence-electron chi connectivity index (χ0n) is 11.8. The molecule has 0 aromatic heterocycles. The van der Waals surface area contributed by atoms with E-state index in [0.29, 0.717) is 16.4 Å². The van der Waals surface area contributed by atoms with Gasteiger partial charge in [0, 0.05) is 28.6 Å². The normalized spacial score (nSPS) is 10.2. The van der Waals surface area contributed by atoms with Gasteiger partial charge in [0.05, 0.1) is 6.54 Å². The van der Waals surface area contributed by atoms with Crippen LogP contribution >= 0.6 is 11.6 Å². The third kappa shape index (κ3) is 4.39.